The Hall–Kier alpha value is -1.73. The van der Waals surface area contributed by atoms with E-state index in [1.165, 1.54) is 0 Å². The van der Waals surface area contributed by atoms with Gasteiger partial charge in [-0.25, -0.2) is 0 Å². The van der Waals surface area contributed by atoms with E-state index in [0.717, 1.165) is 16.8 Å². The molecule has 0 amide bonds. The topological polar surface area (TPSA) is 35.8 Å². The second kappa shape index (κ2) is 6.80. The van der Waals surface area contributed by atoms with Gasteiger partial charge < -0.3 is 5.32 Å². The fourth-order valence-electron chi connectivity index (χ4n) is 2.50. The van der Waals surface area contributed by atoms with Gasteiger partial charge in [0.05, 0.1) is 16.2 Å². The van der Waals surface area contributed by atoms with Crippen molar-refractivity contribution in [2.45, 2.75) is 5.92 Å². The van der Waals surface area contributed by atoms with Crippen molar-refractivity contribution < 1.29 is 0 Å². The average molecular weight is 406 g/mol. The van der Waals surface area contributed by atoms with Crippen LogP contribution in [0, 0.1) is 11.3 Å². The van der Waals surface area contributed by atoms with Gasteiger partial charge in [0, 0.05) is 21.7 Å². The third-order valence-electron chi connectivity index (χ3n) is 3.64. The number of hydrogen-bond acceptors (Lipinski definition) is 2. The highest BCUT2D eigenvalue weighted by Crippen LogP contribution is 2.38. The van der Waals surface area contributed by atoms with Gasteiger partial charge in [-0.1, -0.05) is 53.5 Å². The zero-order valence-electron chi connectivity index (χ0n) is 11.9. The minimum Gasteiger partial charge on any atom is -0.349 e. The van der Waals surface area contributed by atoms with Crippen LogP contribution in [0.15, 0.2) is 64.8 Å². The molecule has 1 heterocycles. The summed E-state index contributed by atoms with van der Waals surface area (Å²) in [5.41, 5.74) is 3.38. The molecular formula is C18H11BrCl2N2. The summed E-state index contributed by atoms with van der Waals surface area (Å²) >= 11 is 15.7. The molecule has 0 saturated carbocycles. The summed E-state index contributed by atoms with van der Waals surface area (Å²) in [5, 5.41) is 14.0. The molecule has 2 aromatic rings. The van der Waals surface area contributed by atoms with Crippen LogP contribution in [0.5, 0.6) is 0 Å². The molecule has 0 bridgehead atoms. The summed E-state index contributed by atoms with van der Waals surface area (Å²) in [6.45, 7) is 0. The van der Waals surface area contributed by atoms with Crippen molar-refractivity contribution in [1.29, 1.82) is 5.26 Å². The van der Waals surface area contributed by atoms with Crippen LogP contribution < -0.4 is 5.32 Å². The summed E-state index contributed by atoms with van der Waals surface area (Å²) in [6.07, 6.45) is 2.01. The molecule has 0 saturated heterocycles. The van der Waals surface area contributed by atoms with E-state index >= 15 is 0 Å². The molecule has 1 aliphatic rings. The average Bonchev–Trinajstić information content (AvgIpc) is 2.55. The Morgan fingerprint density at radius 2 is 1.74 bits per heavy atom. The van der Waals surface area contributed by atoms with E-state index in [9.17, 15) is 5.26 Å². The van der Waals surface area contributed by atoms with Crippen LogP contribution in [0.25, 0.3) is 5.70 Å². The molecule has 5 heteroatoms. The van der Waals surface area contributed by atoms with Crippen molar-refractivity contribution in [2.24, 2.45) is 0 Å². The number of halogens is 3. The van der Waals surface area contributed by atoms with E-state index in [1.54, 1.807) is 0 Å². The van der Waals surface area contributed by atoms with Crippen molar-refractivity contribution in [3.63, 3.8) is 0 Å². The van der Waals surface area contributed by atoms with Crippen molar-refractivity contribution >= 4 is 44.8 Å². The summed E-state index contributed by atoms with van der Waals surface area (Å²) in [4.78, 5) is 0. The third-order valence-corrected chi connectivity index (χ3v) is 4.86. The molecule has 2 nitrogen and oxygen atoms in total. The molecule has 0 spiro atoms. The van der Waals surface area contributed by atoms with Crippen LogP contribution >= 0.6 is 39.1 Å². The minimum absolute atomic E-state index is 0.213. The van der Waals surface area contributed by atoms with Gasteiger partial charge in [-0.15, -0.1) is 0 Å². The van der Waals surface area contributed by atoms with Gasteiger partial charge in [-0.05, 0) is 51.3 Å². The van der Waals surface area contributed by atoms with Gasteiger partial charge >= 0.3 is 0 Å². The van der Waals surface area contributed by atoms with E-state index in [1.807, 2.05) is 54.6 Å². The van der Waals surface area contributed by atoms with Gasteiger partial charge in [0.1, 0.15) is 0 Å². The maximum Gasteiger partial charge on any atom is 0.0984 e. The summed E-state index contributed by atoms with van der Waals surface area (Å²) in [5.74, 6) is -0.213. The number of dihydropyridines is 1. The lowest BCUT2D eigenvalue weighted by atomic mass is 9.88. The molecule has 2 aromatic carbocycles. The van der Waals surface area contributed by atoms with E-state index in [4.69, 9.17) is 23.2 Å². The van der Waals surface area contributed by atoms with Crippen LogP contribution in [0.1, 0.15) is 17.0 Å². The zero-order chi connectivity index (χ0) is 16.4. The Kier molecular flexibility index (Phi) is 4.77. The van der Waals surface area contributed by atoms with Gasteiger partial charge in [0.2, 0.25) is 0 Å². The predicted octanol–water partition coefficient (Wildman–Crippen LogP) is 5.85. The number of hydrogen-bond donors (Lipinski definition) is 1. The molecule has 23 heavy (non-hydrogen) atoms. The highest BCUT2D eigenvalue weighted by atomic mass is 79.9. The van der Waals surface area contributed by atoms with E-state index < -0.39 is 0 Å². The lowest BCUT2D eigenvalue weighted by molar-refractivity contribution is 0.956. The summed E-state index contributed by atoms with van der Waals surface area (Å²) in [6, 6.07) is 17.4. The van der Waals surface area contributed by atoms with Crippen molar-refractivity contribution in [2.75, 3.05) is 0 Å². The number of allylic oxidation sites excluding steroid dienone is 2. The molecule has 3 rings (SSSR count). The first-order chi connectivity index (χ1) is 11.1. The number of benzene rings is 2. The molecule has 1 aliphatic heterocycles. The molecule has 114 valence electrons. The molecular weight excluding hydrogens is 395 g/mol. The molecule has 0 fully saturated rings. The third kappa shape index (κ3) is 3.30. The molecule has 1 unspecified atom stereocenters. The maximum absolute atomic E-state index is 9.51. The van der Waals surface area contributed by atoms with E-state index in [2.05, 4.69) is 27.3 Å². The molecule has 0 aromatic heterocycles. The lowest BCUT2D eigenvalue weighted by Gasteiger charge is -2.24. The Bertz CT molecular complexity index is 848. The zero-order valence-corrected chi connectivity index (χ0v) is 15.0. The Balaban J connectivity index is 2.10. The predicted molar refractivity (Wildman–Crippen MR) is 98.3 cm³/mol. The SMILES string of the molecule is N#CC1=C(Br)NC(c2ccc(Cl)cc2)=CC1c1ccccc1Cl. The van der Waals surface area contributed by atoms with Crippen molar-refractivity contribution in [3.8, 4) is 6.07 Å². The fraction of sp³-hybridized carbons (Fsp3) is 0.0556. The Labute approximate surface area is 153 Å². The van der Waals surface area contributed by atoms with Gasteiger partial charge in [-0.2, -0.15) is 5.26 Å². The number of rotatable bonds is 2. The number of nitrogens with one attached hydrogen (secondary N) is 1. The maximum atomic E-state index is 9.51. The van der Waals surface area contributed by atoms with Gasteiger partial charge in [0.15, 0.2) is 0 Å². The van der Waals surface area contributed by atoms with Gasteiger partial charge in [-0.3, -0.25) is 0 Å². The molecule has 0 aliphatic carbocycles. The standard InChI is InChI=1S/C18H11BrCl2N2/c19-18-15(10-22)14(13-3-1-2-4-16(13)21)9-17(23-18)11-5-7-12(20)8-6-11/h1-9,14,23H. The number of nitriles is 1. The summed E-state index contributed by atoms with van der Waals surface area (Å²) in [7, 11) is 0. The minimum atomic E-state index is -0.213. The first-order valence-electron chi connectivity index (χ1n) is 6.89. The second-order valence-electron chi connectivity index (χ2n) is 5.05. The van der Waals surface area contributed by atoms with Crippen LogP contribution in [0.4, 0.5) is 0 Å². The van der Waals surface area contributed by atoms with Crippen molar-refractivity contribution in [1.82, 2.24) is 5.32 Å². The molecule has 1 atom stereocenters. The quantitative estimate of drug-likeness (QED) is 0.636. The second-order valence-corrected chi connectivity index (χ2v) is 6.69. The van der Waals surface area contributed by atoms with Crippen molar-refractivity contribution in [3.05, 3.63) is 86.0 Å². The summed E-state index contributed by atoms with van der Waals surface area (Å²) < 4.78 is 0.650. The van der Waals surface area contributed by atoms with Crippen LogP contribution in [0.2, 0.25) is 10.0 Å². The van der Waals surface area contributed by atoms with E-state index in [0.29, 0.717) is 20.2 Å². The first kappa shape index (κ1) is 16.1. The van der Waals surface area contributed by atoms with Crippen LogP contribution in [-0.4, -0.2) is 0 Å². The number of nitrogens with zero attached hydrogens (tertiary/aromatic N) is 1. The monoisotopic (exact) mass is 404 g/mol. The van der Waals surface area contributed by atoms with Gasteiger partial charge in [0.25, 0.3) is 0 Å². The highest BCUT2D eigenvalue weighted by molar-refractivity contribution is 9.11. The van der Waals surface area contributed by atoms with Crippen LogP contribution in [-0.2, 0) is 0 Å². The molecule has 0 radical (unpaired) electrons. The Morgan fingerprint density at radius 3 is 2.39 bits per heavy atom. The smallest absolute Gasteiger partial charge is 0.0984 e. The van der Waals surface area contributed by atoms with Crippen LogP contribution in [0.3, 0.4) is 0 Å². The lowest BCUT2D eigenvalue weighted by Crippen LogP contribution is -2.18. The first-order valence-corrected chi connectivity index (χ1v) is 8.44. The largest absolute Gasteiger partial charge is 0.349 e. The molecule has 1 N–H and O–H groups in total. The van der Waals surface area contributed by atoms with E-state index in [-0.39, 0.29) is 5.92 Å². The highest BCUT2D eigenvalue weighted by Gasteiger charge is 2.25. The Morgan fingerprint density at radius 1 is 1.04 bits per heavy atom. The normalized spacial score (nSPS) is 17.3. The fourth-order valence-corrected chi connectivity index (χ4v) is 3.43.